The van der Waals surface area contributed by atoms with E-state index in [1.54, 1.807) is 0 Å². The molecule has 2 atom stereocenters. The first kappa shape index (κ1) is 23.5. The Morgan fingerprint density at radius 2 is 2.00 bits per heavy atom. The van der Waals surface area contributed by atoms with Gasteiger partial charge in [0.2, 0.25) is 5.91 Å². The third-order valence-corrected chi connectivity index (χ3v) is 6.75. The Bertz CT molecular complexity index is 848. The number of hydrogen-bond donors (Lipinski definition) is 1. The molecule has 3 rings (SSSR count). The van der Waals surface area contributed by atoms with Gasteiger partial charge in [-0.1, -0.05) is 30.3 Å². The molecular weight excluding hydrogens is 410 g/mol. The van der Waals surface area contributed by atoms with Gasteiger partial charge in [-0.2, -0.15) is 0 Å². The number of likely N-dealkylation sites (tertiary alicyclic amines) is 1. The van der Waals surface area contributed by atoms with Gasteiger partial charge in [0.15, 0.2) is 0 Å². The van der Waals surface area contributed by atoms with Crippen LogP contribution in [-0.4, -0.2) is 46.7 Å². The molecule has 0 unspecified atom stereocenters. The van der Waals surface area contributed by atoms with Crippen LogP contribution in [0, 0.1) is 0 Å². The molecule has 1 aromatic heterocycles. The number of nitrogens with zero attached hydrogens (tertiary/aromatic N) is 1. The maximum absolute atomic E-state index is 12.4. The molecule has 1 aliphatic rings. The van der Waals surface area contributed by atoms with Gasteiger partial charge >= 0.3 is 5.97 Å². The Labute approximate surface area is 189 Å². The second-order valence-electron chi connectivity index (χ2n) is 8.52. The molecule has 1 N–H and O–H groups in total. The second-order valence-corrected chi connectivity index (χ2v) is 9.69. The highest BCUT2D eigenvalue weighted by Crippen LogP contribution is 2.25. The zero-order valence-corrected chi connectivity index (χ0v) is 19.3. The van der Waals surface area contributed by atoms with E-state index in [2.05, 4.69) is 0 Å². The highest BCUT2D eigenvalue weighted by molar-refractivity contribution is 7.13. The Hall–Kier alpha value is -2.18. The third kappa shape index (κ3) is 7.18. The molecule has 1 amide bonds. The second kappa shape index (κ2) is 11.4. The molecule has 31 heavy (non-hydrogen) atoms. The molecule has 0 bridgehead atoms. The van der Waals surface area contributed by atoms with E-state index in [1.165, 1.54) is 11.3 Å². The predicted molar refractivity (Wildman–Crippen MR) is 123 cm³/mol. The van der Waals surface area contributed by atoms with E-state index in [0.29, 0.717) is 24.1 Å². The summed E-state index contributed by atoms with van der Waals surface area (Å²) in [6, 6.07) is 14.0. The molecule has 6 heteroatoms. The number of esters is 1. The number of aryl methyl sites for hydroxylation is 1. The lowest BCUT2D eigenvalue weighted by molar-refractivity contribution is -0.129. The highest BCUT2D eigenvalue weighted by atomic mass is 32.1. The van der Waals surface area contributed by atoms with Crippen molar-refractivity contribution in [1.29, 1.82) is 0 Å². The number of amides is 1. The summed E-state index contributed by atoms with van der Waals surface area (Å²) in [5.41, 5.74) is 1.14. The SMILES string of the molecule is CC(C)OC(=O)c1ccc(CCCN2C(=O)CC[C@@H]2CC[C@H](O)Cc2ccccc2)s1. The number of carbonyl (C=O) groups excluding carboxylic acids is 2. The van der Waals surface area contributed by atoms with Crippen molar-refractivity contribution < 1.29 is 19.4 Å². The summed E-state index contributed by atoms with van der Waals surface area (Å²) >= 11 is 1.47. The largest absolute Gasteiger partial charge is 0.459 e. The average molecular weight is 444 g/mol. The number of hydrogen-bond acceptors (Lipinski definition) is 5. The van der Waals surface area contributed by atoms with E-state index in [-0.39, 0.29) is 30.1 Å². The number of rotatable bonds is 11. The number of ether oxygens (including phenoxy) is 1. The van der Waals surface area contributed by atoms with Crippen LogP contribution < -0.4 is 0 Å². The smallest absolute Gasteiger partial charge is 0.348 e. The van der Waals surface area contributed by atoms with E-state index in [0.717, 1.165) is 42.7 Å². The monoisotopic (exact) mass is 443 g/mol. The number of benzene rings is 1. The Morgan fingerprint density at radius 3 is 2.74 bits per heavy atom. The summed E-state index contributed by atoms with van der Waals surface area (Å²) in [7, 11) is 0. The summed E-state index contributed by atoms with van der Waals surface area (Å²) in [4.78, 5) is 28.1. The molecule has 168 valence electrons. The highest BCUT2D eigenvalue weighted by Gasteiger charge is 2.30. The zero-order valence-electron chi connectivity index (χ0n) is 18.5. The lowest BCUT2D eigenvalue weighted by Gasteiger charge is -2.25. The van der Waals surface area contributed by atoms with Crippen molar-refractivity contribution in [2.75, 3.05) is 6.54 Å². The Kier molecular flexibility index (Phi) is 8.67. The van der Waals surface area contributed by atoms with Crippen LogP contribution in [-0.2, 0) is 22.4 Å². The van der Waals surface area contributed by atoms with E-state index < -0.39 is 0 Å². The van der Waals surface area contributed by atoms with Crippen LogP contribution in [0.1, 0.15) is 66.1 Å². The predicted octanol–water partition coefficient (Wildman–Crippen LogP) is 4.62. The number of carbonyl (C=O) groups is 2. The van der Waals surface area contributed by atoms with Crippen molar-refractivity contribution in [2.45, 2.75) is 77.0 Å². The third-order valence-electron chi connectivity index (χ3n) is 5.63. The maximum atomic E-state index is 12.4. The Morgan fingerprint density at radius 1 is 1.23 bits per heavy atom. The van der Waals surface area contributed by atoms with Crippen molar-refractivity contribution in [3.05, 3.63) is 57.8 Å². The summed E-state index contributed by atoms with van der Waals surface area (Å²) < 4.78 is 5.25. The molecular formula is C25H33NO4S. The zero-order chi connectivity index (χ0) is 22.2. The van der Waals surface area contributed by atoms with Crippen LogP contribution in [0.4, 0.5) is 0 Å². The minimum Gasteiger partial charge on any atom is -0.459 e. The van der Waals surface area contributed by atoms with Crippen molar-refractivity contribution in [2.24, 2.45) is 0 Å². The summed E-state index contributed by atoms with van der Waals surface area (Å²) in [6.45, 7) is 4.41. The minimum atomic E-state index is -0.380. The molecule has 0 radical (unpaired) electrons. The summed E-state index contributed by atoms with van der Waals surface area (Å²) in [6.07, 6.45) is 4.88. The van der Waals surface area contributed by atoms with Crippen LogP contribution in [0.15, 0.2) is 42.5 Å². The Balaban J connectivity index is 1.43. The fraction of sp³-hybridized carbons (Fsp3) is 0.520. The van der Waals surface area contributed by atoms with Crippen LogP contribution in [0.25, 0.3) is 0 Å². The summed E-state index contributed by atoms with van der Waals surface area (Å²) in [5, 5.41) is 10.4. The van der Waals surface area contributed by atoms with Crippen LogP contribution in [0.2, 0.25) is 0 Å². The number of thiophene rings is 1. The molecule has 2 heterocycles. The van der Waals surface area contributed by atoms with Crippen LogP contribution in [0.3, 0.4) is 0 Å². The number of aliphatic hydroxyl groups excluding tert-OH is 1. The van der Waals surface area contributed by atoms with Gasteiger partial charge in [-0.3, -0.25) is 4.79 Å². The normalized spacial score (nSPS) is 17.4. The minimum absolute atomic E-state index is 0.123. The van der Waals surface area contributed by atoms with Gasteiger partial charge in [0, 0.05) is 23.9 Å². The van der Waals surface area contributed by atoms with E-state index in [9.17, 15) is 14.7 Å². The van der Waals surface area contributed by atoms with Crippen LogP contribution in [0.5, 0.6) is 0 Å². The molecule has 0 aliphatic carbocycles. The van der Waals surface area contributed by atoms with Crippen molar-refractivity contribution >= 4 is 23.2 Å². The topological polar surface area (TPSA) is 66.8 Å². The quantitative estimate of drug-likeness (QED) is 0.515. The molecule has 2 aromatic rings. The fourth-order valence-corrected chi connectivity index (χ4v) is 5.02. The van der Waals surface area contributed by atoms with Crippen molar-refractivity contribution in [3.8, 4) is 0 Å². The van der Waals surface area contributed by atoms with Crippen molar-refractivity contribution in [3.63, 3.8) is 0 Å². The fourth-order valence-electron chi connectivity index (χ4n) is 4.09. The van der Waals surface area contributed by atoms with Gasteiger partial charge in [0.05, 0.1) is 12.2 Å². The first-order chi connectivity index (χ1) is 14.9. The van der Waals surface area contributed by atoms with Crippen molar-refractivity contribution in [1.82, 2.24) is 4.90 Å². The van der Waals surface area contributed by atoms with Gasteiger partial charge in [0.25, 0.3) is 0 Å². The molecule has 1 aliphatic heterocycles. The van der Waals surface area contributed by atoms with Crippen LogP contribution >= 0.6 is 11.3 Å². The number of aliphatic hydroxyl groups is 1. The lowest BCUT2D eigenvalue weighted by Crippen LogP contribution is -2.34. The van der Waals surface area contributed by atoms with Gasteiger partial charge in [-0.25, -0.2) is 4.79 Å². The first-order valence-corrected chi connectivity index (χ1v) is 12.0. The average Bonchev–Trinajstić information content (AvgIpc) is 3.34. The van der Waals surface area contributed by atoms with Gasteiger partial charge in [-0.05, 0) is 70.1 Å². The van der Waals surface area contributed by atoms with Gasteiger partial charge < -0.3 is 14.7 Å². The van der Waals surface area contributed by atoms with Gasteiger partial charge in [-0.15, -0.1) is 11.3 Å². The van der Waals surface area contributed by atoms with E-state index in [1.807, 2.05) is 61.2 Å². The van der Waals surface area contributed by atoms with E-state index >= 15 is 0 Å². The maximum Gasteiger partial charge on any atom is 0.348 e. The first-order valence-electron chi connectivity index (χ1n) is 11.2. The molecule has 1 saturated heterocycles. The molecule has 0 saturated carbocycles. The lowest BCUT2D eigenvalue weighted by atomic mass is 10.0. The molecule has 1 aromatic carbocycles. The van der Waals surface area contributed by atoms with E-state index in [4.69, 9.17) is 4.74 Å². The standard InChI is InChI=1S/C25H33NO4S/c1-18(2)30-25(29)23-14-13-22(31-23)9-6-16-26-20(11-15-24(26)28)10-12-21(27)17-19-7-4-3-5-8-19/h3-5,7-8,13-14,18,20-21,27H,6,9-12,15-17H2,1-2H3/t20-,21-/m0/s1. The van der Waals surface area contributed by atoms with Gasteiger partial charge in [0.1, 0.15) is 4.88 Å². The molecule has 1 fully saturated rings. The molecule has 0 spiro atoms. The molecule has 5 nitrogen and oxygen atoms in total. The summed E-state index contributed by atoms with van der Waals surface area (Å²) in [5.74, 6) is -0.0509.